The molecule has 10 aromatic carbocycles. The van der Waals surface area contributed by atoms with E-state index >= 15 is 0 Å². The van der Waals surface area contributed by atoms with Gasteiger partial charge in [-0.05, 0) is 115 Å². The molecule has 0 amide bonds. The van der Waals surface area contributed by atoms with Gasteiger partial charge < -0.3 is 18.1 Å². The van der Waals surface area contributed by atoms with Gasteiger partial charge >= 0.3 is 16.8 Å². The topological polar surface area (TPSA) is 36.9 Å². The predicted molar refractivity (Wildman–Crippen MR) is 328 cm³/mol. The maximum atomic E-state index is 7.75. The van der Waals surface area contributed by atoms with Crippen LogP contribution < -0.4 is 28.7 Å². The zero-order chi connectivity index (χ0) is 53.9. The first kappa shape index (κ1) is 52.7. The van der Waals surface area contributed by atoms with Crippen LogP contribution in [0.4, 0.5) is 0 Å². The molecule has 4 nitrogen and oxygen atoms in total. The summed E-state index contributed by atoms with van der Waals surface area (Å²) >= 11 is 0. The van der Waals surface area contributed by atoms with Crippen molar-refractivity contribution in [2.45, 2.75) is 119 Å². The molecule has 76 heavy (non-hydrogen) atoms. The highest BCUT2D eigenvalue weighted by Crippen LogP contribution is 2.55. The van der Waals surface area contributed by atoms with Crippen LogP contribution in [0.15, 0.2) is 182 Å². The van der Waals surface area contributed by atoms with E-state index < -0.39 is 16.8 Å². The fourth-order valence-corrected chi connectivity index (χ4v) is 14.8. The minimum Gasteiger partial charge on any atom is -0.435 e. The van der Waals surface area contributed by atoms with Crippen LogP contribution in [0.2, 0.25) is 0 Å². The van der Waals surface area contributed by atoms with Crippen molar-refractivity contribution < 1.29 is 18.1 Å². The highest BCUT2D eigenvalue weighted by molar-refractivity contribution is 7.58. The van der Waals surface area contributed by atoms with E-state index in [4.69, 9.17) is 18.1 Å². The molecule has 10 rings (SSSR count). The molecule has 0 atom stereocenters. The van der Waals surface area contributed by atoms with Crippen molar-refractivity contribution in [2.24, 2.45) is 0 Å². The molecule has 0 aromatic heterocycles. The fraction of sp³-hybridized carbons (Fsp3) is 0.257. The molecule has 10 aromatic rings. The lowest BCUT2D eigenvalue weighted by Gasteiger charge is -2.38. The van der Waals surface area contributed by atoms with Crippen LogP contribution in [-0.4, -0.2) is 0 Å². The number of hydrogen-bond acceptors (Lipinski definition) is 4. The Balaban J connectivity index is 1.39. The maximum absolute atomic E-state index is 7.75. The zero-order valence-corrected chi connectivity index (χ0v) is 48.6. The number of fused-ring (bicyclic) bond motifs is 4. The molecule has 386 valence electrons. The van der Waals surface area contributed by atoms with Crippen molar-refractivity contribution in [1.82, 2.24) is 0 Å². The highest BCUT2D eigenvalue weighted by Gasteiger charge is 2.41. The molecule has 0 heterocycles. The summed E-state index contributed by atoms with van der Waals surface area (Å²) in [6.07, 6.45) is 0. The van der Waals surface area contributed by atoms with Crippen LogP contribution in [-0.2, 0) is 21.7 Å². The summed E-state index contributed by atoms with van der Waals surface area (Å²) in [5.41, 5.74) is 8.15. The average molecular weight is 1040 g/mol. The Morgan fingerprint density at radius 2 is 0.500 bits per heavy atom. The Bertz CT molecular complexity index is 3370. The molecule has 0 unspecified atom stereocenters. The van der Waals surface area contributed by atoms with Gasteiger partial charge in [-0.3, -0.25) is 0 Å². The molecule has 0 aliphatic carbocycles. The van der Waals surface area contributed by atoms with Crippen LogP contribution in [0.25, 0.3) is 54.2 Å². The van der Waals surface area contributed by atoms with Gasteiger partial charge in [0.05, 0.1) is 10.6 Å². The first-order valence-electron chi connectivity index (χ1n) is 26.7. The summed E-state index contributed by atoms with van der Waals surface area (Å²) in [5.74, 6) is 3.07. The molecular formula is C70H72O4P2. The SMILES string of the molecule is Cc1c(C(C)(C)C)cc(C(C)(C)C)c(P(Oc2cccc3ccccc23)Oc2cccc3ccccc23)c1-c1c(C)c(C(C)(C)C)cc(C(C)(C)C)c1P(Oc1cccc2ccccc12)Oc1cccc2ccccc12. The van der Waals surface area contributed by atoms with E-state index in [0.29, 0.717) is 0 Å². The fourth-order valence-electron chi connectivity index (χ4n) is 10.9. The molecule has 0 saturated carbocycles. The summed E-state index contributed by atoms with van der Waals surface area (Å²) in [5, 5.41) is 10.6. The Hall–Kier alpha value is -6.70. The van der Waals surface area contributed by atoms with Crippen molar-refractivity contribution in [3.05, 3.63) is 215 Å². The van der Waals surface area contributed by atoms with Crippen LogP contribution >= 0.6 is 16.8 Å². The zero-order valence-electron chi connectivity index (χ0n) is 46.8. The third-order valence-electron chi connectivity index (χ3n) is 14.7. The molecular weight excluding hydrogens is 967 g/mol. The minimum atomic E-state index is -1.99. The summed E-state index contributed by atoms with van der Waals surface area (Å²) < 4.78 is 31.0. The largest absolute Gasteiger partial charge is 0.435 e. The normalized spacial score (nSPS) is 12.6. The number of benzene rings is 10. The summed E-state index contributed by atoms with van der Waals surface area (Å²) in [7, 11) is -3.97. The first-order valence-corrected chi connectivity index (χ1v) is 29.0. The van der Waals surface area contributed by atoms with Gasteiger partial charge in [0.25, 0.3) is 0 Å². The minimum absolute atomic E-state index is 0.251. The smallest absolute Gasteiger partial charge is 0.327 e. The first-order chi connectivity index (χ1) is 36.1. The van der Waals surface area contributed by atoms with Gasteiger partial charge in [0.2, 0.25) is 0 Å². The molecule has 6 heteroatoms. The number of hydrogen-bond donors (Lipinski definition) is 0. The van der Waals surface area contributed by atoms with Gasteiger partial charge in [-0.15, -0.1) is 0 Å². The Morgan fingerprint density at radius 3 is 0.737 bits per heavy atom. The van der Waals surface area contributed by atoms with Gasteiger partial charge in [-0.1, -0.05) is 241 Å². The van der Waals surface area contributed by atoms with Gasteiger partial charge in [-0.25, -0.2) is 0 Å². The standard InChI is InChI=1S/C70H72O4P2/c1-45-55(67(3,4)5)43-57(69(9,10)11)65(75(71-59-39-23-31-47-27-15-19-35-51(47)59)72-60-40-24-32-48-28-16-20-36-52(48)60)63(45)64-46(2)56(68(6,7)8)44-58(70(12,13)14)66(64)76(73-61-41-25-33-49-29-17-21-37-53(49)61)74-62-42-26-34-50-30-18-22-38-54(50)62/h15-44H,1-14H3. The summed E-state index contributed by atoms with van der Waals surface area (Å²) in [6.45, 7) is 32.7. The molecule has 0 aliphatic rings. The van der Waals surface area contributed by atoms with Gasteiger partial charge in [0.1, 0.15) is 23.0 Å². The Kier molecular flexibility index (Phi) is 14.1. The summed E-state index contributed by atoms with van der Waals surface area (Å²) in [6, 6.07) is 64.3. The van der Waals surface area contributed by atoms with E-state index in [-0.39, 0.29) is 21.7 Å². The lowest BCUT2D eigenvalue weighted by atomic mass is 9.73. The Morgan fingerprint density at radius 1 is 0.276 bits per heavy atom. The van der Waals surface area contributed by atoms with Gasteiger partial charge in [0.15, 0.2) is 0 Å². The van der Waals surface area contributed by atoms with Gasteiger partial charge in [-0.2, -0.15) is 0 Å². The highest BCUT2D eigenvalue weighted by atomic mass is 31.2. The number of rotatable bonds is 11. The van der Waals surface area contributed by atoms with Crippen molar-refractivity contribution >= 4 is 70.4 Å². The van der Waals surface area contributed by atoms with Crippen LogP contribution in [0.1, 0.15) is 116 Å². The molecule has 0 fully saturated rings. The molecule has 0 aliphatic heterocycles. The molecule has 0 spiro atoms. The molecule has 0 N–H and O–H groups in total. The maximum Gasteiger partial charge on any atom is 0.327 e. The van der Waals surface area contributed by atoms with Crippen molar-refractivity contribution in [3.63, 3.8) is 0 Å². The second kappa shape index (κ2) is 20.3. The molecule has 0 saturated heterocycles. The van der Waals surface area contributed by atoms with E-state index in [1.807, 2.05) is 0 Å². The average Bonchev–Trinajstić information content (AvgIpc) is 3.43. The van der Waals surface area contributed by atoms with E-state index in [9.17, 15) is 0 Å². The van der Waals surface area contributed by atoms with E-state index in [2.05, 4.69) is 279 Å². The third-order valence-corrected chi connectivity index (χ3v) is 17.8. The van der Waals surface area contributed by atoms with Crippen molar-refractivity contribution in [3.8, 4) is 34.1 Å². The second-order valence-corrected chi connectivity index (χ2v) is 27.1. The second-order valence-electron chi connectivity index (χ2n) is 24.4. The third kappa shape index (κ3) is 10.3. The van der Waals surface area contributed by atoms with Crippen molar-refractivity contribution in [2.75, 3.05) is 0 Å². The van der Waals surface area contributed by atoms with Crippen molar-refractivity contribution in [1.29, 1.82) is 0 Å². The van der Waals surface area contributed by atoms with Crippen LogP contribution in [0.3, 0.4) is 0 Å². The Labute approximate surface area is 454 Å². The predicted octanol–water partition coefficient (Wildman–Crippen LogP) is 20.0. The summed E-state index contributed by atoms with van der Waals surface area (Å²) in [4.78, 5) is 0. The lowest BCUT2D eigenvalue weighted by Crippen LogP contribution is -2.34. The van der Waals surface area contributed by atoms with Crippen LogP contribution in [0.5, 0.6) is 23.0 Å². The lowest BCUT2D eigenvalue weighted by molar-refractivity contribution is 0.504. The van der Waals surface area contributed by atoms with E-state index in [0.717, 1.165) is 87.8 Å². The van der Waals surface area contributed by atoms with Gasteiger partial charge in [0, 0.05) is 32.7 Å². The molecule has 0 bridgehead atoms. The molecule has 0 radical (unpaired) electrons. The van der Waals surface area contributed by atoms with E-state index in [1.165, 1.54) is 33.4 Å². The van der Waals surface area contributed by atoms with E-state index in [1.54, 1.807) is 0 Å². The monoisotopic (exact) mass is 1040 g/mol. The van der Waals surface area contributed by atoms with Crippen LogP contribution in [0, 0.1) is 13.8 Å². The quantitative estimate of drug-likeness (QED) is 0.121.